The van der Waals surface area contributed by atoms with Crippen molar-refractivity contribution >= 4 is 33.9 Å². The largest absolute Gasteiger partial charge is 0.461 e. The molecular weight excluding hydrogens is 560 g/mol. The van der Waals surface area contributed by atoms with Crippen LogP contribution < -0.4 is 19.9 Å². The number of aromatic nitrogens is 2. The standard InChI is InChI=1S/C33H41ClN8O/c1-39(2)25-10-17-42(20-25)33(12-13-33)22-43-32-37-28-21-40(29-8-4-6-23-5-3-7-27(34)30(23)29)16-11-26(28)31(38-32)41-18-15-36-24(19-41)9-14-35/h3-8,24-25,36H,9-13,15-22H2,1-2H3/t24-,25?/m0/s1. The maximum Gasteiger partial charge on any atom is 0.318 e. The molecule has 4 heterocycles. The van der Waals surface area contributed by atoms with Gasteiger partial charge in [-0.05, 0) is 57.3 Å². The quantitative estimate of drug-likeness (QED) is 0.411. The van der Waals surface area contributed by atoms with Crippen LogP contribution in [0.4, 0.5) is 11.5 Å². The highest BCUT2D eigenvalue weighted by Gasteiger charge is 2.51. The summed E-state index contributed by atoms with van der Waals surface area (Å²) in [5.74, 6) is 0.971. The van der Waals surface area contributed by atoms with Gasteiger partial charge in [-0.1, -0.05) is 35.9 Å². The number of likely N-dealkylation sites (N-methyl/N-ethyl adjacent to an activating group) is 1. The Morgan fingerprint density at radius 2 is 1.93 bits per heavy atom. The van der Waals surface area contributed by atoms with Crippen LogP contribution in [0, 0.1) is 11.3 Å². The lowest BCUT2D eigenvalue weighted by molar-refractivity contribution is 0.126. The predicted octanol–water partition coefficient (Wildman–Crippen LogP) is 4.09. The number of piperazine rings is 1. The monoisotopic (exact) mass is 600 g/mol. The van der Waals surface area contributed by atoms with Crippen LogP contribution in [0.15, 0.2) is 36.4 Å². The molecular formula is C33H41ClN8O. The summed E-state index contributed by atoms with van der Waals surface area (Å²) in [6, 6.07) is 16.0. The van der Waals surface area contributed by atoms with E-state index in [0.717, 1.165) is 91.5 Å². The van der Waals surface area contributed by atoms with Gasteiger partial charge in [0.15, 0.2) is 0 Å². The zero-order chi connectivity index (χ0) is 29.6. The van der Waals surface area contributed by atoms with Crippen molar-refractivity contribution in [2.24, 2.45) is 0 Å². The molecule has 43 heavy (non-hydrogen) atoms. The van der Waals surface area contributed by atoms with Crippen molar-refractivity contribution in [2.75, 3.05) is 69.8 Å². The van der Waals surface area contributed by atoms with Crippen LogP contribution in [0.3, 0.4) is 0 Å². The Kier molecular flexibility index (Phi) is 7.81. The summed E-state index contributed by atoms with van der Waals surface area (Å²) in [6.07, 6.45) is 4.84. The Labute approximate surface area is 259 Å². The van der Waals surface area contributed by atoms with E-state index >= 15 is 0 Å². The average Bonchev–Trinajstić information content (AvgIpc) is 3.64. The maximum atomic E-state index is 9.36. The van der Waals surface area contributed by atoms with Crippen LogP contribution >= 0.6 is 11.6 Å². The lowest BCUT2D eigenvalue weighted by atomic mass is 10.0. The van der Waals surface area contributed by atoms with E-state index in [9.17, 15) is 5.26 Å². The lowest BCUT2D eigenvalue weighted by Crippen LogP contribution is -2.51. The Hall–Kier alpha value is -3.16. The minimum Gasteiger partial charge on any atom is -0.461 e. The first-order valence-corrected chi connectivity index (χ1v) is 16.0. The van der Waals surface area contributed by atoms with Gasteiger partial charge in [-0.25, -0.2) is 0 Å². The number of anilines is 2. The summed E-state index contributed by atoms with van der Waals surface area (Å²) >= 11 is 6.73. The van der Waals surface area contributed by atoms with Crippen LogP contribution in [0.5, 0.6) is 6.01 Å². The van der Waals surface area contributed by atoms with Gasteiger partial charge in [0, 0.05) is 68.0 Å². The smallest absolute Gasteiger partial charge is 0.318 e. The molecule has 0 radical (unpaired) electrons. The van der Waals surface area contributed by atoms with E-state index in [1.54, 1.807) is 0 Å². The molecule has 2 aromatic carbocycles. The van der Waals surface area contributed by atoms with E-state index in [1.165, 1.54) is 12.0 Å². The van der Waals surface area contributed by atoms with Crippen molar-refractivity contribution in [2.45, 2.75) is 56.3 Å². The molecule has 3 aromatic rings. The first-order chi connectivity index (χ1) is 20.9. The minimum absolute atomic E-state index is 0.100. The third kappa shape index (κ3) is 5.62. The molecule has 226 valence electrons. The van der Waals surface area contributed by atoms with Gasteiger partial charge in [-0.3, -0.25) is 4.90 Å². The first kappa shape index (κ1) is 28.6. The van der Waals surface area contributed by atoms with Crippen LogP contribution in [0.25, 0.3) is 10.8 Å². The number of ether oxygens (including phenoxy) is 1. The molecule has 9 nitrogen and oxygen atoms in total. The SMILES string of the molecule is CN(C)C1CCN(C2(COc3nc4c(c(N5CCN[C@@H](CC#N)C5)n3)CCN(c3cccc5cccc(Cl)c35)C4)CC2)C1. The summed E-state index contributed by atoms with van der Waals surface area (Å²) in [6.45, 7) is 6.77. The Morgan fingerprint density at radius 3 is 2.70 bits per heavy atom. The number of nitrogens with zero attached hydrogens (tertiary/aromatic N) is 7. The van der Waals surface area contributed by atoms with Gasteiger partial charge in [-0.2, -0.15) is 15.2 Å². The van der Waals surface area contributed by atoms with E-state index in [0.29, 0.717) is 31.6 Å². The van der Waals surface area contributed by atoms with Crippen molar-refractivity contribution in [3.05, 3.63) is 52.7 Å². The minimum atomic E-state index is 0.100. The second-order valence-electron chi connectivity index (χ2n) is 12.9. The molecule has 0 bridgehead atoms. The number of nitrogens with one attached hydrogen (secondary N) is 1. The van der Waals surface area contributed by atoms with E-state index in [4.69, 9.17) is 26.3 Å². The van der Waals surface area contributed by atoms with Crippen LogP contribution in [-0.4, -0.2) is 97.4 Å². The third-order valence-electron chi connectivity index (χ3n) is 9.95. The van der Waals surface area contributed by atoms with Crippen molar-refractivity contribution in [3.63, 3.8) is 0 Å². The number of halogens is 1. The van der Waals surface area contributed by atoms with Crippen LogP contribution in [-0.2, 0) is 13.0 Å². The van der Waals surface area contributed by atoms with Gasteiger partial charge in [0.2, 0.25) is 0 Å². The molecule has 7 rings (SSSR count). The average molecular weight is 601 g/mol. The fraction of sp³-hybridized carbons (Fsp3) is 0.545. The van der Waals surface area contributed by atoms with E-state index in [1.807, 2.05) is 12.1 Å². The molecule has 1 N–H and O–H groups in total. The molecule has 1 saturated carbocycles. The fourth-order valence-electron chi connectivity index (χ4n) is 7.21. The maximum absolute atomic E-state index is 9.36. The zero-order valence-electron chi connectivity index (χ0n) is 25.2. The Bertz CT molecular complexity index is 1530. The number of fused-ring (bicyclic) bond motifs is 2. The highest BCUT2D eigenvalue weighted by Crippen LogP contribution is 2.44. The highest BCUT2D eigenvalue weighted by molar-refractivity contribution is 6.36. The summed E-state index contributed by atoms with van der Waals surface area (Å²) < 4.78 is 6.53. The second-order valence-corrected chi connectivity index (χ2v) is 13.3. The van der Waals surface area contributed by atoms with E-state index < -0.39 is 0 Å². The van der Waals surface area contributed by atoms with E-state index in [2.05, 4.69) is 69.3 Å². The normalized spacial score (nSPS) is 23.4. The molecule has 1 aromatic heterocycles. The number of benzene rings is 2. The lowest BCUT2D eigenvalue weighted by Gasteiger charge is -2.37. The Balaban J connectivity index is 1.18. The first-order valence-electron chi connectivity index (χ1n) is 15.7. The molecule has 3 fully saturated rings. The molecule has 3 aliphatic heterocycles. The predicted molar refractivity (Wildman–Crippen MR) is 171 cm³/mol. The van der Waals surface area contributed by atoms with Crippen molar-refractivity contribution in [3.8, 4) is 12.1 Å². The number of rotatable bonds is 8. The van der Waals surface area contributed by atoms with Gasteiger partial charge in [0.05, 0.1) is 35.3 Å². The molecule has 4 aliphatic rings. The number of hydrogen-bond acceptors (Lipinski definition) is 9. The van der Waals surface area contributed by atoms with Gasteiger partial charge in [0.1, 0.15) is 12.4 Å². The molecule has 1 aliphatic carbocycles. The third-order valence-corrected chi connectivity index (χ3v) is 10.3. The molecule has 1 unspecified atom stereocenters. The van der Waals surface area contributed by atoms with Crippen LogP contribution in [0.1, 0.15) is 36.9 Å². The molecule has 10 heteroatoms. The molecule has 0 spiro atoms. The summed E-state index contributed by atoms with van der Waals surface area (Å²) in [5.41, 5.74) is 3.45. The van der Waals surface area contributed by atoms with Gasteiger partial charge in [0.25, 0.3) is 0 Å². The summed E-state index contributed by atoms with van der Waals surface area (Å²) in [7, 11) is 4.36. The topological polar surface area (TPSA) is 83.8 Å². The summed E-state index contributed by atoms with van der Waals surface area (Å²) in [5, 5.41) is 15.8. The van der Waals surface area contributed by atoms with E-state index in [-0.39, 0.29) is 11.6 Å². The van der Waals surface area contributed by atoms with Crippen LogP contribution in [0.2, 0.25) is 5.02 Å². The fourth-order valence-corrected chi connectivity index (χ4v) is 7.49. The number of hydrogen-bond donors (Lipinski definition) is 1. The van der Waals surface area contributed by atoms with Crippen molar-refractivity contribution < 1.29 is 4.74 Å². The molecule has 2 atom stereocenters. The molecule has 0 amide bonds. The van der Waals surface area contributed by atoms with Crippen molar-refractivity contribution in [1.29, 1.82) is 5.26 Å². The zero-order valence-corrected chi connectivity index (χ0v) is 26.0. The molecule has 2 saturated heterocycles. The van der Waals surface area contributed by atoms with Gasteiger partial charge >= 0.3 is 6.01 Å². The summed E-state index contributed by atoms with van der Waals surface area (Å²) in [4.78, 5) is 19.9. The Morgan fingerprint density at radius 1 is 1.09 bits per heavy atom. The number of likely N-dealkylation sites (tertiary alicyclic amines) is 1. The number of nitriles is 1. The second kappa shape index (κ2) is 11.7. The van der Waals surface area contributed by atoms with Crippen molar-refractivity contribution in [1.82, 2.24) is 25.1 Å². The van der Waals surface area contributed by atoms with Gasteiger partial charge in [-0.15, -0.1) is 0 Å². The highest BCUT2D eigenvalue weighted by atomic mass is 35.5. The van der Waals surface area contributed by atoms with Gasteiger partial charge < -0.3 is 24.8 Å².